The molecule has 0 saturated carbocycles. The third kappa shape index (κ3) is 7.17. The van der Waals surface area contributed by atoms with Gasteiger partial charge in [-0.1, -0.05) is 0 Å². The number of halogens is 3. The van der Waals surface area contributed by atoms with E-state index in [-0.39, 0.29) is 24.4 Å². The van der Waals surface area contributed by atoms with Crippen molar-refractivity contribution in [1.82, 2.24) is 10.3 Å². The Bertz CT molecular complexity index is 243. The summed E-state index contributed by atoms with van der Waals surface area (Å²) in [6.45, 7) is 4.11. The summed E-state index contributed by atoms with van der Waals surface area (Å²) < 4.78 is 37.1. The summed E-state index contributed by atoms with van der Waals surface area (Å²) in [4.78, 5) is 12.2. The van der Waals surface area contributed by atoms with Gasteiger partial charge in [0.2, 0.25) is 5.91 Å². The van der Waals surface area contributed by atoms with E-state index < -0.39 is 12.7 Å². The molecule has 0 bridgehead atoms. The summed E-state index contributed by atoms with van der Waals surface area (Å²) in [6, 6.07) is -0.554. The van der Waals surface area contributed by atoms with E-state index in [0.29, 0.717) is 6.42 Å². The maximum Gasteiger partial charge on any atom is 0.401 e. The van der Waals surface area contributed by atoms with E-state index in [2.05, 4.69) is 0 Å². The number of amides is 1. The van der Waals surface area contributed by atoms with Crippen molar-refractivity contribution >= 4 is 5.91 Å². The fraction of sp³-hybridized carbons (Fsp3) is 0.900. The minimum atomic E-state index is -4.23. The van der Waals surface area contributed by atoms with Crippen molar-refractivity contribution in [3.63, 3.8) is 0 Å². The van der Waals surface area contributed by atoms with E-state index >= 15 is 0 Å². The second kappa shape index (κ2) is 6.80. The molecule has 1 amide bonds. The molecule has 0 aliphatic rings. The zero-order chi connectivity index (χ0) is 13.6. The summed E-state index contributed by atoms with van der Waals surface area (Å²) in [5.41, 5.74) is 1.96. The number of alkyl halides is 3. The molecule has 3 N–H and O–H groups in total. The molecule has 0 heterocycles. The molecular formula is C10H20F3N3O. The van der Waals surface area contributed by atoms with Crippen LogP contribution in [0, 0.1) is 0 Å². The first-order valence-corrected chi connectivity index (χ1v) is 5.49. The number of carbonyl (C=O) groups excluding carboxylic acids is 1. The molecule has 0 aromatic heterocycles. The van der Waals surface area contributed by atoms with Crippen LogP contribution in [-0.2, 0) is 4.79 Å². The Morgan fingerprint density at radius 2 is 1.88 bits per heavy atom. The standard InChI is InChI=1S/C10H20F3N3O/c1-7(2)16(6-10(11,12)13)8(3)4-5-9(17)15-14/h7-8H,4-6,14H2,1-3H3,(H,15,17). The normalized spacial score (nSPS) is 14.2. The van der Waals surface area contributed by atoms with Gasteiger partial charge in [-0.15, -0.1) is 0 Å². The van der Waals surface area contributed by atoms with Crippen LogP contribution in [0.3, 0.4) is 0 Å². The number of nitrogens with two attached hydrogens (primary N) is 1. The number of hydrogen-bond donors (Lipinski definition) is 2. The monoisotopic (exact) mass is 255 g/mol. The van der Waals surface area contributed by atoms with Crippen LogP contribution in [0.5, 0.6) is 0 Å². The molecule has 1 atom stereocenters. The number of carbonyl (C=O) groups is 1. The van der Waals surface area contributed by atoms with Gasteiger partial charge in [-0.05, 0) is 27.2 Å². The Hall–Kier alpha value is -0.820. The van der Waals surface area contributed by atoms with Gasteiger partial charge in [-0.2, -0.15) is 13.2 Å². The van der Waals surface area contributed by atoms with E-state index in [1.54, 1.807) is 20.8 Å². The third-order valence-electron chi connectivity index (χ3n) is 2.54. The van der Waals surface area contributed by atoms with E-state index in [1.807, 2.05) is 5.43 Å². The van der Waals surface area contributed by atoms with Crippen molar-refractivity contribution in [2.75, 3.05) is 6.54 Å². The first kappa shape index (κ1) is 16.2. The highest BCUT2D eigenvalue weighted by molar-refractivity contribution is 5.75. The average molecular weight is 255 g/mol. The molecule has 0 radical (unpaired) electrons. The molecule has 0 aromatic rings. The fourth-order valence-electron chi connectivity index (χ4n) is 1.63. The van der Waals surface area contributed by atoms with Crippen LogP contribution in [-0.4, -0.2) is 35.6 Å². The number of hydrogen-bond acceptors (Lipinski definition) is 3. The number of hydrazine groups is 1. The molecule has 17 heavy (non-hydrogen) atoms. The quantitative estimate of drug-likeness (QED) is 0.429. The molecule has 0 rings (SSSR count). The van der Waals surface area contributed by atoms with Crippen molar-refractivity contribution in [3.05, 3.63) is 0 Å². The number of nitrogens with one attached hydrogen (secondary N) is 1. The molecule has 0 fully saturated rings. The SMILES string of the molecule is CC(C)N(CC(F)(F)F)C(C)CCC(=O)NN. The van der Waals surface area contributed by atoms with Crippen molar-refractivity contribution in [2.24, 2.45) is 5.84 Å². The highest BCUT2D eigenvalue weighted by atomic mass is 19.4. The smallest absolute Gasteiger partial charge is 0.294 e. The van der Waals surface area contributed by atoms with E-state index in [0.717, 1.165) is 0 Å². The minimum Gasteiger partial charge on any atom is -0.294 e. The second-order valence-corrected chi connectivity index (χ2v) is 4.34. The van der Waals surface area contributed by atoms with Crippen molar-refractivity contribution in [1.29, 1.82) is 0 Å². The van der Waals surface area contributed by atoms with Gasteiger partial charge in [-0.25, -0.2) is 5.84 Å². The Morgan fingerprint density at radius 3 is 2.24 bits per heavy atom. The Balaban J connectivity index is 4.35. The van der Waals surface area contributed by atoms with Gasteiger partial charge in [0, 0.05) is 18.5 Å². The summed E-state index contributed by atoms with van der Waals surface area (Å²) in [7, 11) is 0. The predicted octanol–water partition coefficient (Wildman–Crippen LogP) is 1.42. The van der Waals surface area contributed by atoms with Crippen LogP contribution in [0.4, 0.5) is 13.2 Å². The van der Waals surface area contributed by atoms with E-state index in [1.165, 1.54) is 4.90 Å². The summed E-state index contributed by atoms with van der Waals surface area (Å²) in [5, 5.41) is 0. The van der Waals surface area contributed by atoms with Crippen LogP contribution in [0.1, 0.15) is 33.6 Å². The van der Waals surface area contributed by atoms with E-state index in [4.69, 9.17) is 5.84 Å². The van der Waals surface area contributed by atoms with Crippen molar-refractivity contribution in [3.8, 4) is 0 Å². The molecule has 0 saturated heterocycles. The first-order chi connectivity index (χ1) is 7.67. The van der Waals surface area contributed by atoms with Crippen LogP contribution >= 0.6 is 0 Å². The maximum absolute atomic E-state index is 12.4. The second-order valence-electron chi connectivity index (χ2n) is 4.34. The van der Waals surface area contributed by atoms with Crippen LogP contribution in [0.2, 0.25) is 0 Å². The zero-order valence-corrected chi connectivity index (χ0v) is 10.3. The van der Waals surface area contributed by atoms with Gasteiger partial charge < -0.3 is 0 Å². The van der Waals surface area contributed by atoms with Crippen LogP contribution in [0.15, 0.2) is 0 Å². The van der Waals surface area contributed by atoms with Gasteiger partial charge in [0.25, 0.3) is 0 Å². The predicted molar refractivity (Wildman–Crippen MR) is 58.9 cm³/mol. The lowest BCUT2D eigenvalue weighted by atomic mass is 10.1. The molecule has 102 valence electrons. The number of rotatable bonds is 6. The topological polar surface area (TPSA) is 58.4 Å². The summed E-state index contributed by atoms with van der Waals surface area (Å²) >= 11 is 0. The summed E-state index contributed by atoms with van der Waals surface area (Å²) in [6.07, 6.45) is -3.76. The lowest BCUT2D eigenvalue weighted by Crippen LogP contribution is -2.45. The van der Waals surface area contributed by atoms with Crippen molar-refractivity contribution < 1.29 is 18.0 Å². The lowest BCUT2D eigenvalue weighted by molar-refractivity contribution is -0.154. The van der Waals surface area contributed by atoms with Gasteiger partial charge in [-0.3, -0.25) is 15.1 Å². The Morgan fingerprint density at radius 1 is 1.35 bits per heavy atom. The molecule has 0 aromatic carbocycles. The van der Waals surface area contributed by atoms with Gasteiger partial charge in [0.1, 0.15) is 0 Å². The fourth-order valence-corrected chi connectivity index (χ4v) is 1.63. The van der Waals surface area contributed by atoms with E-state index in [9.17, 15) is 18.0 Å². The molecule has 7 heteroatoms. The Labute approximate surface area is 99.3 Å². The van der Waals surface area contributed by atoms with Crippen LogP contribution in [0.25, 0.3) is 0 Å². The average Bonchev–Trinajstić information content (AvgIpc) is 2.20. The minimum absolute atomic E-state index is 0.124. The van der Waals surface area contributed by atoms with Gasteiger partial charge in [0.15, 0.2) is 0 Å². The molecule has 0 spiro atoms. The van der Waals surface area contributed by atoms with Crippen molar-refractivity contribution in [2.45, 2.75) is 51.9 Å². The number of nitrogens with zero attached hydrogens (tertiary/aromatic N) is 1. The first-order valence-electron chi connectivity index (χ1n) is 5.49. The lowest BCUT2D eigenvalue weighted by Gasteiger charge is -2.33. The van der Waals surface area contributed by atoms with Crippen LogP contribution < -0.4 is 11.3 Å². The Kier molecular flexibility index (Phi) is 6.48. The molecular weight excluding hydrogens is 235 g/mol. The molecule has 4 nitrogen and oxygen atoms in total. The molecule has 0 aliphatic carbocycles. The molecule has 0 aliphatic heterocycles. The molecule has 1 unspecified atom stereocenters. The van der Waals surface area contributed by atoms with Gasteiger partial charge in [0.05, 0.1) is 6.54 Å². The third-order valence-corrected chi connectivity index (χ3v) is 2.54. The zero-order valence-electron chi connectivity index (χ0n) is 10.3. The maximum atomic E-state index is 12.4. The highest BCUT2D eigenvalue weighted by Crippen LogP contribution is 2.21. The van der Waals surface area contributed by atoms with Gasteiger partial charge >= 0.3 is 6.18 Å². The highest BCUT2D eigenvalue weighted by Gasteiger charge is 2.33. The largest absolute Gasteiger partial charge is 0.401 e. The summed E-state index contributed by atoms with van der Waals surface area (Å²) in [5.74, 6) is 4.53.